The van der Waals surface area contributed by atoms with Crippen LogP contribution in [0.4, 0.5) is 0 Å². The molecule has 2 N–H and O–H groups in total. The minimum Gasteiger partial charge on any atom is -0.388 e. The van der Waals surface area contributed by atoms with Gasteiger partial charge in [-0.1, -0.05) is 25.3 Å². The maximum absolute atomic E-state index is 12.4. The molecule has 1 aromatic heterocycles. The molecule has 0 saturated heterocycles. The zero-order valence-corrected chi connectivity index (χ0v) is 12.4. The summed E-state index contributed by atoms with van der Waals surface area (Å²) in [7, 11) is 1.97. The summed E-state index contributed by atoms with van der Waals surface area (Å²) in [4.78, 5) is 12.4. The zero-order chi connectivity index (χ0) is 14.9. The Morgan fingerprint density at radius 3 is 2.81 bits per heavy atom. The summed E-state index contributed by atoms with van der Waals surface area (Å²) >= 11 is 0. The minimum atomic E-state index is -0.724. The molecule has 1 aromatic carbocycles. The normalized spacial score (nSPS) is 17.8. The van der Waals surface area contributed by atoms with Crippen molar-refractivity contribution in [2.75, 3.05) is 6.54 Å². The molecule has 0 bridgehead atoms. The number of hydrogen-bond donors (Lipinski definition) is 2. The average Bonchev–Trinajstić information content (AvgIpc) is 2.87. The van der Waals surface area contributed by atoms with E-state index >= 15 is 0 Å². The Hall–Kier alpha value is -1.81. The lowest BCUT2D eigenvalue weighted by Crippen LogP contribution is -2.44. The fourth-order valence-corrected chi connectivity index (χ4v) is 3.23. The van der Waals surface area contributed by atoms with Gasteiger partial charge >= 0.3 is 0 Å². The van der Waals surface area contributed by atoms with Gasteiger partial charge in [0.15, 0.2) is 0 Å². The maximum Gasteiger partial charge on any atom is 0.252 e. The zero-order valence-electron chi connectivity index (χ0n) is 12.4. The van der Waals surface area contributed by atoms with Gasteiger partial charge in [0.1, 0.15) is 0 Å². The molecule has 0 spiro atoms. The number of aliphatic hydroxyl groups is 1. The van der Waals surface area contributed by atoms with Crippen molar-refractivity contribution < 1.29 is 9.90 Å². The number of carbonyl (C=O) groups excluding carboxylic acids is 1. The van der Waals surface area contributed by atoms with Crippen LogP contribution in [0.2, 0.25) is 0 Å². The molecular weight excluding hydrogens is 264 g/mol. The number of hydrogen-bond acceptors (Lipinski definition) is 2. The van der Waals surface area contributed by atoms with Gasteiger partial charge in [-0.2, -0.15) is 0 Å². The number of benzene rings is 1. The standard InChI is InChI=1S/C17H22N2O2/c1-19-11-8-13-14(6-5-7-15(13)19)16(20)18-12-17(21)9-3-2-4-10-17/h5-8,11,21H,2-4,9-10,12H2,1H3,(H,18,20). The van der Waals surface area contributed by atoms with E-state index in [1.54, 1.807) is 0 Å². The van der Waals surface area contributed by atoms with E-state index in [0.29, 0.717) is 12.1 Å². The van der Waals surface area contributed by atoms with E-state index in [9.17, 15) is 9.90 Å². The summed E-state index contributed by atoms with van der Waals surface area (Å²) in [5, 5.41) is 14.3. The van der Waals surface area contributed by atoms with Crippen LogP contribution in [-0.2, 0) is 7.05 Å². The number of rotatable bonds is 3. The van der Waals surface area contributed by atoms with Crippen LogP contribution >= 0.6 is 0 Å². The predicted molar refractivity (Wildman–Crippen MR) is 83.3 cm³/mol. The topological polar surface area (TPSA) is 54.3 Å². The summed E-state index contributed by atoms with van der Waals surface area (Å²) in [5.41, 5.74) is 0.991. The molecule has 1 amide bonds. The van der Waals surface area contributed by atoms with Gasteiger partial charge in [-0.25, -0.2) is 0 Å². The van der Waals surface area contributed by atoms with Crippen molar-refractivity contribution in [3.8, 4) is 0 Å². The van der Waals surface area contributed by atoms with Gasteiger partial charge in [0.05, 0.1) is 5.60 Å². The fourth-order valence-electron chi connectivity index (χ4n) is 3.23. The Morgan fingerprint density at radius 2 is 2.05 bits per heavy atom. The second-order valence-corrected chi connectivity index (χ2v) is 6.13. The summed E-state index contributed by atoms with van der Waals surface area (Å²) < 4.78 is 2.00. The first-order chi connectivity index (χ1) is 10.1. The number of nitrogens with one attached hydrogen (secondary N) is 1. The van der Waals surface area contributed by atoms with Crippen molar-refractivity contribution in [2.24, 2.45) is 7.05 Å². The lowest BCUT2D eigenvalue weighted by molar-refractivity contribution is 0.00527. The molecule has 3 rings (SSSR count). The van der Waals surface area contributed by atoms with Gasteiger partial charge in [0.2, 0.25) is 0 Å². The second kappa shape index (κ2) is 5.53. The van der Waals surface area contributed by atoms with Gasteiger partial charge in [-0.05, 0) is 31.0 Å². The van der Waals surface area contributed by atoms with Crippen LogP contribution in [0.3, 0.4) is 0 Å². The molecule has 0 atom stereocenters. The molecule has 21 heavy (non-hydrogen) atoms. The molecule has 1 heterocycles. The quantitative estimate of drug-likeness (QED) is 0.911. The molecule has 4 heteroatoms. The highest BCUT2D eigenvalue weighted by atomic mass is 16.3. The van der Waals surface area contributed by atoms with Crippen LogP contribution in [-0.4, -0.2) is 27.7 Å². The summed E-state index contributed by atoms with van der Waals surface area (Å²) in [6, 6.07) is 7.69. The fraction of sp³-hybridized carbons (Fsp3) is 0.471. The number of aromatic nitrogens is 1. The Balaban J connectivity index is 1.75. The van der Waals surface area contributed by atoms with E-state index in [1.165, 1.54) is 6.42 Å². The highest BCUT2D eigenvalue weighted by Crippen LogP contribution is 2.27. The predicted octanol–water partition coefficient (Wildman–Crippen LogP) is 2.60. The van der Waals surface area contributed by atoms with Crippen molar-refractivity contribution in [1.82, 2.24) is 9.88 Å². The van der Waals surface area contributed by atoms with Crippen LogP contribution in [0.5, 0.6) is 0 Å². The van der Waals surface area contributed by atoms with Crippen LogP contribution in [0.15, 0.2) is 30.5 Å². The van der Waals surface area contributed by atoms with Crippen LogP contribution < -0.4 is 5.32 Å². The monoisotopic (exact) mass is 286 g/mol. The highest BCUT2D eigenvalue weighted by molar-refractivity contribution is 6.06. The number of carbonyl (C=O) groups is 1. The van der Waals surface area contributed by atoms with E-state index < -0.39 is 5.60 Å². The van der Waals surface area contributed by atoms with Crippen LogP contribution in [0, 0.1) is 0 Å². The number of aryl methyl sites for hydroxylation is 1. The molecular formula is C17H22N2O2. The third kappa shape index (κ3) is 2.81. The molecule has 4 nitrogen and oxygen atoms in total. The van der Waals surface area contributed by atoms with Crippen molar-refractivity contribution in [3.63, 3.8) is 0 Å². The first-order valence-corrected chi connectivity index (χ1v) is 7.64. The number of amides is 1. The van der Waals surface area contributed by atoms with Gasteiger partial charge in [-0.15, -0.1) is 0 Å². The lowest BCUT2D eigenvalue weighted by atomic mass is 9.85. The van der Waals surface area contributed by atoms with E-state index in [1.807, 2.05) is 42.1 Å². The first kappa shape index (κ1) is 14.1. The van der Waals surface area contributed by atoms with E-state index in [0.717, 1.165) is 36.6 Å². The van der Waals surface area contributed by atoms with E-state index in [4.69, 9.17) is 0 Å². The Bertz CT molecular complexity index is 654. The van der Waals surface area contributed by atoms with Gasteiger partial charge < -0.3 is 15.0 Å². The minimum absolute atomic E-state index is 0.106. The van der Waals surface area contributed by atoms with E-state index in [2.05, 4.69) is 5.32 Å². The lowest BCUT2D eigenvalue weighted by Gasteiger charge is -2.32. The van der Waals surface area contributed by atoms with Gasteiger partial charge in [0.25, 0.3) is 5.91 Å². The Labute approximate surface area is 124 Å². The van der Waals surface area contributed by atoms with Crippen molar-refractivity contribution in [2.45, 2.75) is 37.7 Å². The summed E-state index contributed by atoms with van der Waals surface area (Å²) in [6.07, 6.45) is 6.78. The number of fused-ring (bicyclic) bond motifs is 1. The molecule has 0 radical (unpaired) electrons. The van der Waals surface area contributed by atoms with Crippen LogP contribution in [0.25, 0.3) is 10.9 Å². The van der Waals surface area contributed by atoms with Gasteiger partial charge in [-0.3, -0.25) is 4.79 Å². The van der Waals surface area contributed by atoms with E-state index in [-0.39, 0.29) is 5.91 Å². The summed E-state index contributed by atoms with van der Waals surface area (Å²) in [5.74, 6) is -0.106. The van der Waals surface area contributed by atoms with Crippen molar-refractivity contribution in [1.29, 1.82) is 0 Å². The molecule has 1 saturated carbocycles. The Kier molecular flexibility index (Phi) is 3.72. The summed E-state index contributed by atoms with van der Waals surface area (Å²) in [6.45, 7) is 0.342. The highest BCUT2D eigenvalue weighted by Gasteiger charge is 2.29. The van der Waals surface area contributed by atoms with Crippen LogP contribution in [0.1, 0.15) is 42.5 Å². The molecule has 2 aromatic rings. The number of nitrogens with zero attached hydrogens (tertiary/aromatic N) is 1. The largest absolute Gasteiger partial charge is 0.388 e. The average molecular weight is 286 g/mol. The SMILES string of the molecule is Cn1ccc2c(C(=O)NCC3(O)CCCCC3)cccc21. The maximum atomic E-state index is 12.4. The molecule has 1 aliphatic rings. The third-order valence-electron chi connectivity index (χ3n) is 4.53. The molecule has 1 aliphatic carbocycles. The second-order valence-electron chi connectivity index (χ2n) is 6.13. The molecule has 0 aliphatic heterocycles. The first-order valence-electron chi connectivity index (χ1n) is 7.64. The molecule has 0 unspecified atom stereocenters. The molecule has 112 valence electrons. The smallest absolute Gasteiger partial charge is 0.252 e. The van der Waals surface area contributed by atoms with Crippen molar-refractivity contribution >= 4 is 16.8 Å². The third-order valence-corrected chi connectivity index (χ3v) is 4.53. The molecule has 1 fully saturated rings. The van der Waals surface area contributed by atoms with Gasteiger partial charge in [0, 0.05) is 36.3 Å². The van der Waals surface area contributed by atoms with Crippen molar-refractivity contribution in [3.05, 3.63) is 36.0 Å². The Morgan fingerprint density at radius 1 is 1.29 bits per heavy atom.